The number of benzene rings is 1. The fraction of sp³-hybridized carbons (Fsp3) is 0.0909. The molecule has 0 aliphatic carbocycles. The monoisotopic (exact) mass is 275 g/mol. The van der Waals surface area contributed by atoms with Gasteiger partial charge < -0.3 is 9.52 Å². The first-order valence-corrected chi connectivity index (χ1v) is 4.84. The van der Waals surface area contributed by atoms with Gasteiger partial charge in [0, 0.05) is 5.56 Å². The van der Waals surface area contributed by atoms with Crippen LogP contribution in [0.5, 0.6) is 0 Å². The van der Waals surface area contributed by atoms with Crippen molar-refractivity contribution in [3.8, 4) is 11.3 Å². The van der Waals surface area contributed by atoms with E-state index < -0.39 is 29.2 Å². The number of carbonyl (C=O) groups is 1. The van der Waals surface area contributed by atoms with E-state index in [9.17, 15) is 22.4 Å². The summed E-state index contributed by atoms with van der Waals surface area (Å²) in [6.07, 6.45) is -4.10. The Bertz CT molecular complexity index is 633. The van der Waals surface area contributed by atoms with Crippen molar-refractivity contribution in [2.75, 3.05) is 0 Å². The van der Waals surface area contributed by atoms with E-state index in [1.165, 1.54) is 0 Å². The highest BCUT2D eigenvalue weighted by Gasteiger charge is 2.34. The Morgan fingerprint density at radius 1 is 1.32 bits per heavy atom. The number of carboxylic acids is 1. The summed E-state index contributed by atoms with van der Waals surface area (Å²) >= 11 is 0. The molecule has 0 aliphatic heterocycles. The largest absolute Gasteiger partial charge is 0.476 e. The molecule has 4 nitrogen and oxygen atoms in total. The molecule has 1 N–H and O–H groups in total. The second-order valence-corrected chi connectivity index (χ2v) is 3.53. The van der Waals surface area contributed by atoms with Gasteiger partial charge in [-0.05, 0) is 18.2 Å². The van der Waals surface area contributed by atoms with Gasteiger partial charge in [-0.3, -0.25) is 0 Å². The molecule has 1 aromatic carbocycles. The molecule has 1 heterocycles. The highest BCUT2D eigenvalue weighted by molar-refractivity contribution is 5.92. The van der Waals surface area contributed by atoms with Crippen molar-refractivity contribution in [2.24, 2.45) is 0 Å². The molecule has 100 valence electrons. The number of nitrogens with zero attached hydrogens (tertiary/aromatic N) is 1. The SMILES string of the molecule is O=C(O)c1ncoc1-c1ccc(F)c(C(F)(F)F)c1. The first-order valence-electron chi connectivity index (χ1n) is 4.84. The summed E-state index contributed by atoms with van der Waals surface area (Å²) in [5.74, 6) is -3.27. The lowest BCUT2D eigenvalue weighted by molar-refractivity contribution is -0.139. The molecule has 0 spiro atoms. The molecule has 2 aromatic rings. The van der Waals surface area contributed by atoms with E-state index in [0.29, 0.717) is 12.1 Å². The molecule has 0 saturated carbocycles. The Morgan fingerprint density at radius 2 is 2.00 bits per heavy atom. The van der Waals surface area contributed by atoms with Crippen molar-refractivity contribution in [2.45, 2.75) is 6.18 Å². The predicted molar refractivity (Wildman–Crippen MR) is 53.9 cm³/mol. The normalized spacial score (nSPS) is 11.6. The van der Waals surface area contributed by atoms with Crippen molar-refractivity contribution in [1.82, 2.24) is 4.98 Å². The predicted octanol–water partition coefficient (Wildman–Crippen LogP) is 3.20. The molecule has 0 fully saturated rings. The van der Waals surface area contributed by atoms with Gasteiger partial charge in [0.2, 0.25) is 0 Å². The number of rotatable bonds is 2. The topological polar surface area (TPSA) is 63.3 Å². The number of aromatic carboxylic acids is 1. The fourth-order valence-corrected chi connectivity index (χ4v) is 1.49. The van der Waals surface area contributed by atoms with E-state index in [-0.39, 0.29) is 11.3 Å². The molecule has 0 bridgehead atoms. The molecule has 0 aliphatic rings. The van der Waals surface area contributed by atoms with Gasteiger partial charge in [0.25, 0.3) is 0 Å². The van der Waals surface area contributed by atoms with Gasteiger partial charge in [-0.25, -0.2) is 14.2 Å². The minimum atomic E-state index is -4.89. The smallest absolute Gasteiger partial charge is 0.419 e. The van der Waals surface area contributed by atoms with Crippen molar-refractivity contribution in [3.05, 3.63) is 41.7 Å². The molecular weight excluding hydrogens is 270 g/mol. The van der Waals surface area contributed by atoms with E-state index in [1.807, 2.05) is 0 Å². The highest BCUT2D eigenvalue weighted by Crippen LogP contribution is 2.34. The standard InChI is InChI=1S/C11H5F4NO3/c12-7-2-1-5(3-6(7)11(13,14)15)9-8(10(17)18)16-4-19-9/h1-4H,(H,17,18). The lowest BCUT2D eigenvalue weighted by Crippen LogP contribution is -2.08. The molecule has 2 rings (SSSR count). The van der Waals surface area contributed by atoms with Crippen molar-refractivity contribution in [3.63, 3.8) is 0 Å². The fourth-order valence-electron chi connectivity index (χ4n) is 1.49. The Hall–Kier alpha value is -2.38. The molecule has 8 heteroatoms. The second-order valence-electron chi connectivity index (χ2n) is 3.53. The van der Waals surface area contributed by atoms with Gasteiger partial charge in [0.05, 0.1) is 5.56 Å². The molecule has 19 heavy (non-hydrogen) atoms. The minimum Gasteiger partial charge on any atom is -0.476 e. The third kappa shape index (κ3) is 2.42. The van der Waals surface area contributed by atoms with Gasteiger partial charge in [-0.1, -0.05) is 0 Å². The summed E-state index contributed by atoms with van der Waals surface area (Å²) in [5, 5.41) is 8.78. The van der Waals surface area contributed by atoms with Crippen LogP contribution in [0.15, 0.2) is 29.0 Å². The van der Waals surface area contributed by atoms with Crippen LogP contribution in [0.4, 0.5) is 17.6 Å². The molecule has 0 saturated heterocycles. The number of carboxylic acid groups (broad SMARTS) is 1. The Balaban J connectivity index is 2.58. The van der Waals surface area contributed by atoms with Crippen LogP contribution in [0.1, 0.15) is 16.1 Å². The van der Waals surface area contributed by atoms with Gasteiger partial charge in [0.1, 0.15) is 5.82 Å². The first kappa shape index (κ1) is 13.1. The average Bonchev–Trinajstić information content (AvgIpc) is 2.77. The number of hydrogen-bond donors (Lipinski definition) is 1. The summed E-state index contributed by atoms with van der Waals surface area (Å²) in [6, 6.07) is 2.05. The zero-order chi connectivity index (χ0) is 14.2. The maximum absolute atomic E-state index is 13.1. The number of halogens is 4. The van der Waals surface area contributed by atoms with E-state index in [0.717, 1.165) is 12.5 Å². The lowest BCUT2D eigenvalue weighted by atomic mass is 10.1. The van der Waals surface area contributed by atoms with Crippen LogP contribution in [-0.2, 0) is 6.18 Å². The van der Waals surface area contributed by atoms with Crippen LogP contribution in [0.25, 0.3) is 11.3 Å². The Kier molecular flexibility index (Phi) is 3.01. The number of alkyl halides is 3. The van der Waals surface area contributed by atoms with Crippen molar-refractivity contribution < 1.29 is 31.9 Å². The molecular formula is C11H5F4NO3. The van der Waals surface area contributed by atoms with Crippen molar-refractivity contribution in [1.29, 1.82) is 0 Å². The zero-order valence-electron chi connectivity index (χ0n) is 9.03. The van der Waals surface area contributed by atoms with Crippen LogP contribution in [-0.4, -0.2) is 16.1 Å². The molecule has 0 atom stereocenters. The zero-order valence-corrected chi connectivity index (χ0v) is 9.03. The maximum Gasteiger partial charge on any atom is 0.419 e. The summed E-state index contributed by atoms with van der Waals surface area (Å²) in [6.45, 7) is 0. The Morgan fingerprint density at radius 3 is 2.58 bits per heavy atom. The van der Waals surface area contributed by atoms with Crippen LogP contribution >= 0.6 is 0 Å². The summed E-state index contributed by atoms with van der Waals surface area (Å²) in [7, 11) is 0. The molecule has 1 aromatic heterocycles. The van der Waals surface area contributed by atoms with Crippen molar-refractivity contribution >= 4 is 5.97 Å². The van der Waals surface area contributed by atoms with Gasteiger partial charge in [-0.15, -0.1) is 0 Å². The lowest BCUT2D eigenvalue weighted by Gasteiger charge is -2.09. The molecule has 0 amide bonds. The van der Waals surface area contributed by atoms with Gasteiger partial charge in [0.15, 0.2) is 17.8 Å². The van der Waals surface area contributed by atoms with Crippen LogP contribution in [0.3, 0.4) is 0 Å². The van der Waals surface area contributed by atoms with E-state index in [1.54, 1.807) is 0 Å². The summed E-state index contributed by atoms with van der Waals surface area (Å²) in [5.41, 5.74) is -2.26. The van der Waals surface area contributed by atoms with Crippen LogP contribution in [0, 0.1) is 5.82 Å². The minimum absolute atomic E-state index is 0.219. The average molecular weight is 275 g/mol. The van der Waals surface area contributed by atoms with E-state index in [2.05, 4.69) is 4.98 Å². The highest BCUT2D eigenvalue weighted by atomic mass is 19.4. The first-order chi connectivity index (χ1) is 8.80. The maximum atomic E-state index is 13.1. The Labute approximate surface area is 103 Å². The van der Waals surface area contributed by atoms with E-state index in [4.69, 9.17) is 9.52 Å². The van der Waals surface area contributed by atoms with E-state index >= 15 is 0 Å². The number of hydrogen-bond acceptors (Lipinski definition) is 3. The van der Waals surface area contributed by atoms with Crippen LogP contribution < -0.4 is 0 Å². The van der Waals surface area contributed by atoms with Gasteiger partial charge in [-0.2, -0.15) is 13.2 Å². The quantitative estimate of drug-likeness (QED) is 0.855. The van der Waals surface area contributed by atoms with Gasteiger partial charge >= 0.3 is 12.1 Å². The second kappa shape index (κ2) is 4.38. The summed E-state index contributed by atoms with van der Waals surface area (Å²) < 4.78 is 55.4. The van der Waals surface area contributed by atoms with Crippen LogP contribution in [0.2, 0.25) is 0 Å². The summed E-state index contributed by atoms with van der Waals surface area (Å²) in [4.78, 5) is 14.2. The third-order valence-electron chi connectivity index (χ3n) is 2.30. The number of oxazole rings is 1. The number of aromatic nitrogens is 1. The molecule has 0 unspecified atom stereocenters. The molecule has 0 radical (unpaired) electrons. The third-order valence-corrected chi connectivity index (χ3v) is 2.30.